The molecule has 0 bridgehead atoms. The predicted octanol–water partition coefficient (Wildman–Crippen LogP) is 3.20. The van der Waals surface area contributed by atoms with Gasteiger partial charge < -0.3 is 0 Å². The van der Waals surface area contributed by atoms with Crippen LogP contribution in [-0.4, -0.2) is 0 Å². The lowest BCUT2D eigenvalue weighted by Gasteiger charge is -2.00. The molecule has 0 N–H and O–H groups in total. The van der Waals surface area contributed by atoms with Crippen molar-refractivity contribution in [2.45, 2.75) is 33.1 Å². The molecule has 0 aromatic carbocycles. The van der Waals surface area contributed by atoms with Crippen molar-refractivity contribution < 1.29 is 0 Å². The fourth-order valence-corrected chi connectivity index (χ4v) is 0.762. The molecule has 0 saturated heterocycles. The minimum Gasteiger partial charge on any atom is -0.103 e. The molecule has 0 amide bonds. The largest absolute Gasteiger partial charge is 0.103 e. The zero-order valence-corrected chi connectivity index (χ0v) is 6.56. The molecule has 0 aliphatic heterocycles. The molecule has 9 heavy (non-hydrogen) atoms. The molecule has 0 aliphatic carbocycles. The number of rotatable bonds is 5. The van der Waals surface area contributed by atoms with Gasteiger partial charge in [0.15, 0.2) is 0 Å². The SMILES string of the molecule is C=C[CH]CCCC(C)C. The first-order valence-electron chi connectivity index (χ1n) is 3.71. The van der Waals surface area contributed by atoms with Crippen molar-refractivity contribution in [2.24, 2.45) is 5.92 Å². The van der Waals surface area contributed by atoms with Gasteiger partial charge in [0.25, 0.3) is 0 Å². The molecule has 53 valence electrons. The first-order chi connectivity index (χ1) is 4.27. The summed E-state index contributed by atoms with van der Waals surface area (Å²) in [4.78, 5) is 0. The van der Waals surface area contributed by atoms with E-state index in [1.54, 1.807) is 0 Å². The highest BCUT2D eigenvalue weighted by Crippen LogP contribution is 2.06. The Balaban J connectivity index is 2.82. The van der Waals surface area contributed by atoms with Gasteiger partial charge in [-0.1, -0.05) is 32.8 Å². The van der Waals surface area contributed by atoms with E-state index in [1.807, 2.05) is 6.08 Å². The van der Waals surface area contributed by atoms with Gasteiger partial charge in [-0.25, -0.2) is 0 Å². The van der Waals surface area contributed by atoms with Gasteiger partial charge in [0.05, 0.1) is 0 Å². The van der Waals surface area contributed by atoms with Crippen LogP contribution in [0.1, 0.15) is 33.1 Å². The predicted molar refractivity (Wildman–Crippen MR) is 43.2 cm³/mol. The van der Waals surface area contributed by atoms with E-state index in [1.165, 1.54) is 19.3 Å². The maximum Gasteiger partial charge on any atom is -0.0173 e. The van der Waals surface area contributed by atoms with Crippen molar-refractivity contribution in [3.05, 3.63) is 19.1 Å². The van der Waals surface area contributed by atoms with Crippen LogP contribution in [0.25, 0.3) is 0 Å². The zero-order valence-electron chi connectivity index (χ0n) is 6.56. The van der Waals surface area contributed by atoms with Crippen LogP contribution >= 0.6 is 0 Å². The van der Waals surface area contributed by atoms with Crippen LogP contribution in [0.3, 0.4) is 0 Å². The van der Waals surface area contributed by atoms with Gasteiger partial charge in [-0.15, -0.1) is 6.58 Å². The highest BCUT2D eigenvalue weighted by Gasteiger charge is 1.91. The summed E-state index contributed by atoms with van der Waals surface area (Å²) >= 11 is 0. The van der Waals surface area contributed by atoms with Gasteiger partial charge >= 0.3 is 0 Å². The number of hydrogen-bond donors (Lipinski definition) is 0. The lowest BCUT2D eigenvalue weighted by atomic mass is 10.1. The zero-order chi connectivity index (χ0) is 7.11. The van der Waals surface area contributed by atoms with E-state index < -0.39 is 0 Å². The Morgan fingerprint density at radius 1 is 1.44 bits per heavy atom. The van der Waals surface area contributed by atoms with Crippen LogP contribution in [0.2, 0.25) is 0 Å². The first-order valence-corrected chi connectivity index (χ1v) is 3.71. The summed E-state index contributed by atoms with van der Waals surface area (Å²) in [7, 11) is 0. The molecule has 0 aromatic rings. The second-order valence-electron chi connectivity index (χ2n) is 2.80. The fourth-order valence-electron chi connectivity index (χ4n) is 0.762. The molecule has 0 aliphatic rings. The highest BCUT2D eigenvalue weighted by molar-refractivity contribution is 4.85. The molecule has 0 spiro atoms. The Labute approximate surface area is 59.0 Å². The van der Waals surface area contributed by atoms with E-state index in [2.05, 4.69) is 26.8 Å². The van der Waals surface area contributed by atoms with Gasteiger partial charge in [0, 0.05) is 0 Å². The van der Waals surface area contributed by atoms with Gasteiger partial charge in [-0.3, -0.25) is 0 Å². The molecule has 0 unspecified atom stereocenters. The van der Waals surface area contributed by atoms with E-state index in [-0.39, 0.29) is 0 Å². The lowest BCUT2D eigenvalue weighted by Crippen LogP contribution is -1.85. The van der Waals surface area contributed by atoms with Crippen LogP contribution in [-0.2, 0) is 0 Å². The molecule has 0 aromatic heterocycles. The summed E-state index contributed by atoms with van der Waals surface area (Å²) in [6.07, 6.45) is 7.85. The minimum atomic E-state index is 0.850. The Kier molecular flexibility index (Phi) is 5.70. The van der Waals surface area contributed by atoms with Crippen molar-refractivity contribution in [3.63, 3.8) is 0 Å². The van der Waals surface area contributed by atoms with Crippen molar-refractivity contribution >= 4 is 0 Å². The van der Waals surface area contributed by atoms with Crippen molar-refractivity contribution in [3.8, 4) is 0 Å². The van der Waals surface area contributed by atoms with Gasteiger partial charge in [0.1, 0.15) is 0 Å². The van der Waals surface area contributed by atoms with Gasteiger partial charge in [-0.2, -0.15) is 0 Å². The van der Waals surface area contributed by atoms with Gasteiger partial charge in [-0.05, 0) is 18.8 Å². The summed E-state index contributed by atoms with van der Waals surface area (Å²) in [6, 6.07) is 0. The standard InChI is InChI=1S/C9H17/c1-4-5-6-7-8-9(2)3/h4-5,9H,1,6-8H2,2-3H3. The Bertz CT molecular complexity index is 62.4. The Morgan fingerprint density at radius 3 is 2.56 bits per heavy atom. The first kappa shape index (κ1) is 8.74. The average molecular weight is 125 g/mol. The molecule has 0 heteroatoms. The maximum atomic E-state index is 3.62. The molecule has 1 radical (unpaired) electrons. The van der Waals surface area contributed by atoms with E-state index >= 15 is 0 Å². The van der Waals surface area contributed by atoms with Crippen LogP contribution in [0.15, 0.2) is 12.7 Å². The third-order valence-electron chi connectivity index (χ3n) is 1.32. The molecular weight excluding hydrogens is 108 g/mol. The summed E-state index contributed by atoms with van der Waals surface area (Å²) < 4.78 is 0. The van der Waals surface area contributed by atoms with Crippen LogP contribution in [0.5, 0.6) is 0 Å². The third-order valence-corrected chi connectivity index (χ3v) is 1.32. The minimum absolute atomic E-state index is 0.850. The monoisotopic (exact) mass is 125 g/mol. The van der Waals surface area contributed by atoms with E-state index in [4.69, 9.17) is 0 Å². The Morgan fingerprint density at radius 2 is 2.11 bits per heavy atom. The molecule has 0 saturated carbocycles. The summed E-state index contributed by atoms with van der Waals surface area (Å²) in [6.45, 7) is 8.14. The van der Waals surface area contributed by atoms with Crippen molar-refractivity contribution in [1.29, 1.82) is 0 Å². The van der Waals surface area contributed by atoms with E-state index in [0.717, 1.165) is 5.92 Å². The summed E-state index contributed by atoms with van der Waals surface area (Å²) in [5.74, 6) is 0.850. The van der Waals surface area contributed by atoms with Crippen molar-refractivity contribution in [1.82, 2.24) is 0 Å². The summed E-state index contributed by atoms with van der Waals surface area (Å²) in [5, 5.41) is 0. The van der Waals surface area contributed by atoms with E-state index in [0.29, 0.717) is 0 Å². The fraction of sp³-hybridized carbons (Fsp3) is 0.667. The maximum absolute atomic E-state index is 3.62. The second kappa shape index (κ2) is 5.87. The Hall–Kier alpha value is -0.260. The normalized spacial score (nSPS) is 10.1. The molecule has 0 heterocycles. The molecule has 0 nitrogen and oxygen atoms in total. The topological polar surface area (TPSA) is 0 Å². The number of hydrogen-bond acceptors (Lipinski definition) is 0. The summed E-state index contributed by atoms with van der Waals surface area (Å²) in [5.41, 5.74) is 0. The smallest absolute Gasteiger partial charge is 0.0173 e. The van der Waals surface area contributed by atoms with Crippen LogP contribution < -0.4 is 0 Å². The molecular formula is C9H17. The van der Waals surface area contributed by atoms with E-state index in [9.17, 15) is 0 Å². The number of unbranched alkanes of at least 4 members (excludes halogenated alkanes) is 2. The molecule has 0 rings (SSSR count). The highest BCUT2D eigenvalue weighted by atomic mass is 14.0. The van der Waals surface area contributed by atoms with Gasteiger partial charge in [0.2, 0.25) is 0 Å². The van der Waals surface area contributed by atoms with Crippen molar-refractivity contribution in [2.75, 3.05) is 0 Å². The van der Waals surface area contributed by atoms with Crippen LogP contribution in [0, 0.1) is 12.3 Å². The average Bonchev–Trinajstić information content (AvgIpc) is 1.80. The van der Waals surface area contributed by atoms with Crippen LogP contribution in [0.4, 0.5) is 0 Å². The molecule has 0 atom stereocenters. The third kappa shape index (κ3) is 7.74. The second-order valence-corrected chi connectivity index (χ2v) is 2.80. The lowest BCUT2D eigenvalue weighted by molar-refractivity contribution is 0.555. The quantitative estimate of drug-likeness (QED) is 0.495. The molecule has 0 fully saturated rings. The number of allylic oxidation sites excluding steroid dienone is 1.